The molecule has 1 aliphatic heterocycles. The second-order valence-electron chi connectivity index (χ2n) is 5.20. The predicted octanol–water partition coefficient (Wildman–Crippen LogP) is 3.05. The van der Waals surface area contributed by atoms with Gasteiger partial charge in [0.2, 0.25) is 0 Å². The molecule has 4 nitrogen and oxygen atoms in total. The number of hydrogen-bond acceptors (Lipinski definition) is 4. The van der Waals surface area contributed by atoms with Crippen molar-refractivity contribution in [2.75, 3.05) is 23.8 Å². The van der Waals surface area contributed by atoms with Crippen molar-refractivity contribution in [3.8, 4) is 0 Å². The molecule has 2 unspecified atom stereocenters. The van der Waals surface area contributed by atoms with Gasteiger partial charge < -0.3 is 10.2 Å². The van der Waals surface area contributed by atoms with E-state index in [-0.39, 0.29) is 0 Å². The summed E-state index contributed by atoms with van der Waals surface area (Å²) in [5, 5.41) is 3.11. The summed E-state index contributed by atoms with van der Waals surface area (Å²) in [4.78, 5) is 11.2. The third-order valence-electron chi connectivity index (χ3n) is 4.29. The molecular weight excluding hydrogens is 292 g/mol. The van der Waals surface area contributed by atoms with Crippen molar-refractivity contribution in [3.63, 3.8) is 0 Å². The molecule has 0 radical (unpaired) electrons. The Balaban J connectivity index is 1.90. The molecule has 2 heterocycles. The SMILES string of the molecule is CNc1ncnc(N2CCC3CCCCC32)c1Br. The molecule has 18 heavy (non-hydrogen) atoms. The van der Waals surface area contributed by atoms with Gasteiger partial charge in [-0.3, -0.25) is 0 Å². The third kappa shape index (κ3) is 1.98. The van der Waals surface area contributed by atoms with Crippen molar-refractivity contribution in [1.82, 2.24) is 9.97 Å². The topological polar surface area (TPSA) is 41.1 Å². The summed E-state index contributed by atoms with van der Waals surface area (Å²) in [6, 6.07) is 0.689. The third-order valence-corrected chi connectivity index (χ3v) is 5.02. The van der Waals surface area contributed by atoms with E-state index >= 15 is 0 Å². The van der Waals surface area contributed by atoms with Gasteiger partial charge in [0.25, 0.3) is 0 Å². The minimum absolute atomic E-state index is 0.689. The van der Waals surface area contributed by atoms with Crippen LogP contribution >= 0.6 is 15.9 Å². The Morgan fingerprint density at radius 3 is 2.94 bits per heavy atom. The van der Waals surface area contributed by atoms with Crippen LogP contribution in [0.2, 0.25) is 0 Å². The van der Waals surface area contributed by atoms with Crippen LogP contribution in [0.4, 0.5) is 11.6 Å². The summed E-state index contributed by atoms with van der Waals surface area (Å²) in [7, 11) is 1.89. The average Bonchev–Trinajstić information content (AvgIpc) is 2.83. The van der Waals surface area contributed by atoms with E-state index in [9.17, 15) is 0 Å². The van der Waals surface area contributed by atoms with Crippen LogP contribution in [0.5, 0.6) is 0 Å². The summed E-state index contributed by atoms with van der Waals surface area (Å²) in [5.41, 5.74) is 0. The van der Waals surface area contributed by atoms with Gasteiger partial charge >= 0.3 is 0 Å². The Kier molecular flexibility index (Phi) is 3.41. The highest BCUT2D eigenvalue weighted by Crippen LogP contribution is 2.41. The first kappa shape index (κ1) is 12.2. The lowest BCUT2D eigenvalue weighted by molar-refractivity contribution is 0.341. The number of hydrogen-bond donors (Lipinski definition) is 1. The smallest absolute Gasteiger partial charge is 0.148 e. The lowest BCUT2D eigenvalue weighted by atomic mass is 9.85. The molecule has 0 bridgehead atoms. The minimum Gasteiger partial charge on any atom is -0.372 e. The summed E-state index contributed by atoms with van der Waals surface area (Å²) in [6.45, 7) is 1.13. The standard InChI is InChI=1S/C13H19BrN4/c1-15-12-11(14)13(17-8-16-12)18-7-6-9-4-2-3-5-10(9)18/h8-10H,2-7H2,1H3,(H,15,16,17). The summed E-state index contributed by atoms with van der Waals surface area (Å²) >= 11 is 3.64. The quantitative estimate of drug-likeness (QED) is 0.911. The fraction of sp³-hybridized carbons (Fsp3) is 0.692. The maximum atomic E-state index is 4.49. The summed E-state index contributed by atoms with van der Waals surface area (Å²) in [5.74, 6) is 2.81. The van der Waals surface area contributed by atoms with Gasteiger partial charge in [0, 0.05) is 19.6 Å². The van der Waals surface area contributed by atoms with E-state index in [1.165, 1.54) is 32.1 Å². The molecule has 2 fully saturated rings. The molecule has 98 valence electrons. The van der Waals surface area contributed by atoms with Crippen molar-refractivity contribution >= 4 is 27.6 Å². The number of aromatic nitrogens is 2. The number of fused-ring (bicyclic) bond motifs is 1. The Hall–Kier alpha value is -0.840. The monoisotopic (exact) mass is 310 g/mol. The Bertz CT molecular complexity index is 437. The van der Waals surface area contributed by atoms with E-state index in [1.54, 1.807) is 6.33 Å². The molecule has 0 spiro atoms. The van der Waals surface area contributed by atoms with Crippen molar-refractivity contribution < 1.29 is 0 Å². The van der Waals surface area contributed by atoms with E-state index in [0.29, 0.717) is 6.04 Å². The van der Waals surface area contributed by atoms with Gasteiger partial charge in [-0.2, -0.15) is 0 Å². The number of rotatable bonds is 2. The van der Waals surface area contributed by atoms with Crippen LogP contribution in [-0.4, -0.2) is 29.6 Å². The molecule has 2 atom stereocenters. The Morgan fingerprint density at radius 1 is 1.28 bits per heavy atom. The molecule has 0 amide bonds. The van der Waals surface area contributed by atoms with Crippen LogP contribution in [0.1, 0.15) is 32.1 Å². The first-order valence-electron chi connectivity index (χ1n) is 6.76. The number of nitrogens with one attached hydrogen (secondary N) is 1. The van der Waals surface area contributed by atoms with Gasteiger partial charge in [-0.05, 0) is 41.1 Å². The van der Waals surface area contributed by atoms with Gasteiger partial charge in [0.1, 0.15) is 22.4 Å². The average molecular weight is 311 g/mol. The normalized spacial score (nSPS) is 27.1. The van der Waals surface area contributed by atoms with E-state index in [2.05, 4.69) is 36.1 Å². The highest BCUT2D eigenvalue weighted by Gasteiger charge is 2.37. The fourth-order valence-electron chi connectivity index (χ4n) is 3.40. The first-order chi connectivity index (χ1) is 8.81. The maximum absolute atomic E-state index is 4.49. The molecule has 1 aromatic heterocycles. The number of nitrogens with zero attached hydrogens (tertiary/aromatic N) is 3. The second-order valence-corrected chi connectivity index (χ2v) is 6.00. The Morgan fingerprint density at radius 2 is 2.11 bits per heavy atom. The van der Waals surface area contributed by atoms with Gasteiger partial charge in [0.05, 0.1) is 0 Å². The van der Waals surface area contributed by atoms with E-state index < -0.39 is 0 Å². The highest BCUT2D eigenvalue weighted by molar-refractivity contribution is 9.10. The maximum Gasteiger partial charge on any atom is 0.148 e. The molecule has 1 N–H and O–H groups in total. The Labute approximate surface area is 116 Å². The molecule has 3 rings (SSSR count). The molecule has 2 aliphatic rings. The summed E-state index contributed by atoms with van der Waals surface area (Å²) < 4.78 is 0.999. The molecule has 1 aromatic rings. The molecule has 1 saturated carbocycles. The largest absolute Gasteiger partial charge is 0.372 e. The lowest BCUT2D eigenvalue weighted by Crippen LogP contribution is -2.35. The molecule has 1 saturated heterocycles. The molecule has 1 aliphatic carbocycles. The number of halogens is 1. The van der Waals surface area contributed by atoms with Gasteiger partial charge in [0.15, 0.2) is 0 Å². The van der Waals surface area contributed by atoms with Crippen LogP contribution in [0, 0.1) is 5.92 Å². The van der Waals surface area contributed by atoms with Gasteiger partial charge in [-0.1, -0.05) is 12.8 Å². The molecular formula is C13H19BrN4. The first-order valence-corrected chi connectivity index (χ1v) is 7.55. The van der Waals surface area contributed by atoms with Crippen LogP contribution in [0.3, 0.4) is 0 Å². The number of anilines is 2. The second kappa shape index (κ2) is 5.03. The molecule has 5 heteroatoms. The van der Waals surface area contributed by atoms with E-state index in [4.69, 9.17) is 0 Å². The summed E-state index contributed by atoms with van der Waals surface area (Å²) in [6.07, 6.45) is 8.44. The van der Waals surface area contributed by atoms with Gasteiger partial charge in [-0.25, -0.2) is 9.97 Å². The van der Waals surface area contributed by atoms with Crippen LogP contribution < -0.4 is 10.2 Å². The van der Waals surface area contributed by atoms with Crippen molar-refractivity contribution in [2.45, 2.75) is 38.1 Å². The lowest BCUT2D eigenvalue weighted by Gasteiger charge is -2.32. The van der Waals surface area contributed by atoms with Gasteiger partial charge in [-0.15, -0.1) is 0 Å². The zero-order chi connectivity index (χ0) is 12.5. The van der Waals surface area contributed by atoms with E-state index in [1.807, 2.05) is 7.05 Å². The van der Waals surface area contributed by atoms with Crippen molar-refractivity contribution in [2.24, 2.45) is 5.92 Å². The van der Waals surface area contributed by atoms with Crippen molar-refractivity contribution in [3.05, 3.63) is 10.8 Å². The minimum atomic E-state index is 0.689. The highest BCUT2D eigenvalue weighted by atomic mass is 79.9. The van der Waals surface area contributed by atoms with Crippen LogP contribution in [-0.2, 0) is 0 Å². The van der Waals surface area contributed by atoms with E-state index in [0.717, 1.165) is 28.6 Å². The zero-order valence-corrected chi connectivity index (χ0v) is 12.3. The fourth-order valence-corrected chi connectivity index (χ4v) is 4.03. The predicted molar refractivity (Wildman–Crippen MR) is 77.0 cm³/mol. The van der Waals surface area contributed by atoms with Crippen LogP contribution in [0.15, 0.2) is 10.8 Å². The van der Waals surface area contributed by atoms with Crippen LogP contribution in [0.25, 0.3) is 0 Å². The molecule has 0 aromatic carbocycles. The van der Waals surface area contributed by atoms with Crippen molar-refractivity contribution in [1.29, 1.82) is 0 Å². The zero-order valence-electron chi connectivity index (χ0n) is 10.7.